The van der Waals surface area contributed by atoms with Crippen molar-refractivity contribution in [2.75, 3.05) is 6.54 Å². The van der Waals surface area contributed by atoms with Crippen LogP contribution in [-0.4, -0.2) is 39.7 Å². The first-order valence-corrected chi connectivity index (χ1v) is 7.95. The van der Waals surface area contributed by atoms with Crippen molar-refractivity contribution < 1.29 is 15.0 Å². The van der Waals surface area contributed by atoms with Crippen molar-refractivity contribution in [2.24, 2.45) is 5.92 Å². The van der Waals surface area contributed by atoms with Gasteiger partial charge in [0.2, 0.25) is 0 Å². The van der Waals surface area contributed by atoms with Gasteiger partial charge >= 0.3 is 0 Å². The molecule has 1 saturated carbocycles. The number of likely N-dealkylation sites (tertiary alicyclic amines) is 1. The minimum absolute atomic E-state index is 0.0405. The zero-order chi connectivity index (χ0) is 14.8. The van der Waals surface area contributed by atoms with Crippen LogP contribution in [0.1, 0.15) is 48.9 Å². The van der Waals surface area contributed by atoms with Gasteiger partial charge in [-0.1, -0.05) is 18.6 Å². The second-order valence-corrected chi connectivity index (χ2v) is 6.24. The number of hydrogen-bond acceptors (Lipinski definition) is 3. The summed E-state index contributed by atoms with van der Waals surface area (Å²) in [4.78, 5) is 14.7. The van der Waals surface area contributed by atoms with Gasteiger partial charge in [-0.2, -0.15) is 0 Å². The first kappa shape index (κ1) is 14.4. The highest BCUT2D eigenvalue weighted by Gasteiger charge is 2.39. The van der Waals surface area contributed by atoms with Crippen LogP contribution in [0.5, 0.6) is 5.75 Å². The lowest BCUT2D eigenvalue weighted by Gasteiger charge is -2.40. The fraction of sp³-hybridized carbons (Fsp3) is 0.588. The van der Waals surface area contributed by atoms with Crippen molar-refractivity contribution in [2.45, 2.75) is 50.7 Å². The van der Waals surface area contributed by atoms with E-state index in [1.54, 1.807) is 24.3 Å². The van der Waals surface area contributed by atoms with Crippen molar-refractivity contribution in [1.82, 2.24) is 4.90 Å². The lowest BCUT2D eigenvalue weighted by molar-refractivity contribution is 0.0286. The maximum atomic E-state index is 12.8. The van der Waals surface area contributed by atoms with Crippen LogP contribution in [0, 0.1) is 5.92 Å². The molecule has 0 bridgehead atoms. The molecule has 0 aromatic heterocycles. The van der Waals surface area contributed by atoms with Gasteiger partial charge in [-0.15, -0.1) is 0 Å². The Morgan fingerprint density at radius 3 is 2.62 bits per heavy atom. The number of hydrogen-bond donors (Lipinski definition) is 2. The zero-order valence-electron chi connectivity index (χ0n) is 12.2. The van der Waals surface area contributed by atoms with Crippen LogP contribution in [-0.2, 0) is 0 Å². The number of aliphatic hydroxyl groups excluding tert-OH is 1. The number of phenolic OH excluding ortho intramolecular Hbond substituents is 1. The Morgan fingerprint density at radius 1 is 1.10 bits per heavy atom. The Morgan fingerprint density at radius 2 is 1.90 bits per heavy atom. The number of benzene rings is 1. The topological polar surface area (TPSA) is 60.8 Å². The summed E-state index contributed by atoms with van der Waals surface area (Å²) >= 11 is 0. The van der Waals surface area contributed by atoms with Gasteiger partial charge in [0, 0.05) is 18.5 Å². The molecule has 1 aliphatic carbocycles. The van der Waals surface area contributed by atoms with E-state index in [9.17, 15) is 15.0 Å². The quantitative estimate of drug-likeness (QED) is 0.879. The molecule has 1 aromatic carbocycles. The number of piperidine rings is 1. The van der Waals surface area contributed by atoms with Crippen LogP contribution in [0.3, 0.4) is 0 Å². The average Bonchev–Trinajstić information content (AvgIpc) is 2.93. The monoisotopic (exact) mass is 289 g/mol. The molecule has 2 fully saturated rings. The molecule has 0 radical (unpaired) electrons. The number of aliphatic hydroxyl groups is 1. The number of carbonyl (C=O) groups is 1. The van der Waals surface area contributed by atoms with E-state index in [4.69, 9.17) is 0 Å². The van der Waals surface area contributed by atoms with E-state index in [1.807, 2.05) is 4.90 Å². The maximum Gasteiger partial charge on any atom is 0.257 e. The van der Waals surface area contributed by atoms with Crippen LogP contribution in [0.2, 0.25) is 0 Å². The van der Waals surface area contributed by atoms with Crippen LogP contribution >= 0.6 is 0 Å². The molecule has 0 spiro atoms. The van der Waals surface area contributed by atoms with E-state index in [0.717, 1.165) is 45.1 Å². The third-order valence-electron chi connectivity index (χ3n) is 4.97. The molecule has 3 atom stereocenters. The number of carbonyl (C=O) groups excluding carboxylic acids is 1. The van der Waals surface area contributed by atoms with Crippen molar-refractivity contribution in [3.8, 4) is 5.75 Å². The summed E-state index contributed by atoms with van der Waals surface area (Å²) in [6.07, 6.45) is 5.67. The molecule has 1 aliphatic heterocycles. The summed E-state index contributed by atoms with van der Waals surface area (Å²) in [5.74, 6) is 0.135. The fourth-order valence-electron chi connectivity index (χ4n) is 3.88. The van der Waals surface area contributed by atoms with Crippen LogP contribution < -0.4 is 0 Å². The lowest BCUT2D eigenvalue weighted by atomic mass is 9.87. The smallest absolute Gasteiger partial charge is 0.257 e. The van der Waals surface area contributed by atoms with Gasteiger partial charge in [0.1, 0.15) is 5.75 Å². The Kier molecular flexibility index (Phi) is 4.15. The molecule has 21 heavy (non-hydrogen) atoms. The number of phenols is 1. The predicted octanol–water partition coefficient (Wildman–Crippen LogP) is 2.55. The van der Waals surface area contributed by atoms with Crippen LogP contribution in [0.15, 0.2) is 24.3 Å². The van der Waals surface area contributed by atoms with Crippen molar-refractivity contribution in [3.63, 3.8) is 0 Å². The van der Waals surface area contributed by atoms with Gasteiger partial charge in [-0.05, 0) is 44.2 Å². The van der Waals surface area contributed by atoms with Gasteiger partial charge in [0.15, 0.2) is 0 Å². The standard InChI is InChI=1S/C17H23NO3/c19-15-10-5-7-12(15)14-8-3-4-11-18(14)17(21)13-6-1-2-9-16(13)20/h1-2,6,9,12,14-15,19-20H,3-5,7-8,10-11H2. The van der Waals surface area contributed by atoms with E-state index < -0.39 is 0 Å². The SMILES string of the molecule is O=C(c1ccccc1O)N1CCCCC1C1CCCC1O. The maximum absolute atomic E-state index is 12.8. The molecule has 4 heteroatoms. The van der Waals surface area contributed by atoms with E-state index in [-0.39, 0.29) is 29.7 Å². The molecule has 1 heterocycles. The molecule has 4 nitrogen and oxygen atoms in total. The highest BCUT2D eigenvalue weighted by molar-refractivity contribution is 5.97. The minimum atomic E-state index is -0.284. The van der Waals surface area contributed by atoms with Gasteiger partial charge < -0.3 is 15.1 Å². The van der Waals surface area contributed by atoms with E-state index in [2.05, 4.69) is 0 Å². The summed E-state index contributed by atoms with van der Waals surface area (Å²) in [7, 11) is 0. The molecular formula is C17H23NO3. The van der Waals surface area contributed by atoms with Crippen LogP contribution in [0.4, 0.5) is 0 Å². The normalized spacial score (nSPS) is 29.6. The fourth-order valence-corrected chi connectivity index (χ4v) is 3.88. The second kappa shape index (κ2) is 6.06. The van der Waals surface area contributed by atoms with Crippen molar-refractivity contribution in [1.29, 1.82) is 0 Å². The first-order valence-electron chi connectivity index (χ1n) is 7.95. The summed E-state index contributed by atoms with van der Waals surface area (Å²) in [5.41, 5.74) is 0.372. The number of rotatable bonds is 2. The first-order chi connectivity index (χ1) is 10.2. The van der Waals surface area contributed by atoms with Gasteiger partial charge in [0.05, 0.1) is 11.7 Å². The van der Waals surface area contributed by atoms with Crippen LogP contribution in [0.25, 0.3) is 0 Å². The van der Waals surface area contributed by atoms with E-state index >= 15 is 0 Å². The van der Waals surface area contributed by atoms with Gasteiger partial charge in [-0.25, -0.2) is 0 Å². The minimum Gasteiger partial charge on any atom is -0.507 e. The zero-order valence-corrected chi connectivity index (χ0v) is 12.2. The molecule has 1 amide bonds. The number of amides is 1. The molecule has 3 unspecified atom stereocenters. The Hall–Kier alpha value is -1.55. The highest BCUT2D eigenvalue weighted by atomic mass is 16.3. The van der Waals surface area contributed by atoms with E-state index in [0.29, 0.717) is 5.56 Å². The summed E-state index contributed by atoms with van der Waals surface area (Å²) in [5, 5.41) is 20.1. The van der Waals surface area contributed by atoms with E-state index in [1.165, 1.54) is 0 Å². The van der Waals surface area contributed by atoms with Gasteiger partial charge in [-0.3, -0.25) is 4.79 Å². The number of aromatic hydroxyl groups is 1. The molecule has 2 aliphatic rings. The molecule has 3 rings (SSSR count). The molecule has 1 aromatic rings. The van der Waals surface area contributed by atoms with Crippen molar-refractivity contribution in [3.05, 3.63) is 29.8 Å². The summed E-state index contributed by atoms with van der Waals surface area (Å²) < 4.78 is 0. The predicted molar refractivity (Wildman–Crippen MR) is 80.1 cm³/mol. The Balaban J connectivity index is 1.84. The average molecular weight is 289 g/mol. The Labute approximate surface area is 125 Å². The molecular weight excluding hydrogens is 266 g/mol. The summed E-state index contributed by atoms with van der Waals surface area (Å²) in [6.45, 7) is 0.723. The number of nitrogens with zero attached hydrogens (tertiary/aromatic N) is 1. The largest absolute Gasteiger partial charge is 0.507 e. The molecule has 114 valence electrons. The van der Waals surface area contributed by atoms with Gasteiger partial charge in [0.25, 0.3) is 5.91 Å². The lowest BCUT2D eigenvalue weighted by Crippen LogP contribution is -2.49. The van der Waals surface area contributed by atoms with Crippen molar-refractivity contribution >= 4 is 5.91 Å². The second-order valence-electron chi connectivity index (χ2n) is 6.24. The third kappa shape index (κ3) is 2.77. The number of para-hydroxylation sites is 1. The molecule has 2 N–H and O–H groups in total. The molecule has 1 saturated heterocycles. The Bertz CT molecular complexity index is 517. The highest BCUT2D eigenvalue weighted by Crippen LogP contribution is 2.36. The third-order valence-corrected chi connectivity index (χ3v) is 4.97. The summed E-state index contributed by atoms with van der Waals surface area (Å²) in [6, 6.07) is 6.84.